The standard InChI is InChI=1S/C19H15N3O3/c1-12-17-14(19(23)22(2)13-7-4-3-5-8-13)11-15(16-9-6-10-24-16)20-18(17)25-21-12/h3-11H,1-2H3. The Labute approximate surface area is 143 Å². The van der Waals surface area contributed by atoms with Gasteiger partial charge in [-0.1, -0.05) is 23.4 Å². The predicted octanol–water partition coefficient (Wildman–Crippen LogP) is 4.07. The fourth-order valence-electron chi connectivity index (χ4n) is 2.76. The number of anilines is 1. The van der Waals surface area contributed by atoms with Crippen LogP contribution in [0.5, 0.6) is 0 Å². The van der Waals surface area contributed by atoms with Crippen molar-refractivity contribution in [2.75, 3.05) is 11.9 Å². The number of hydrogen-bond donors (Lipinski definition) is 0. The molecule has 0 N–H and O–H groups in total. The molecule has 3 heterocycles. The molecule has 6 nitrogen and oxygen atoms in total. The molecule has 0 fully saturated rings. The lowest BCUT2D eigenvalue weighted by molar-refractivity contribution is 0.0994. The van der Waals surface area contributed by atoms with Gasteiger partial charge in [0.15, 0.2) is 5.76 Å². The highest BCUT2D eigenvalue weighted by molar-refractivity contribution is 6.13. The van der Waals surface area contributed by atoms with E-state index in [1.165, 1.54) is 0 Å². The van der Waals surface area contributed by atoms with Gasteiger partial charge in [0.05, 0.1) is 22.9 Å². The molecule has 0 aliphatic heterocycles. The SMILES string of the molecule is Cc1noc2nc(-c3ccco3)cc(C(=O)N(C)c3ccccc3)c12. The summed E-state index contributed by atoms with van der Waals surface area (Å²) in [5.74, 6) is 0.394. The Balaban J connectivity index is 1.87. The lowest BCUT2D eigenvalue weighted by Gasteiger charge is -2.18. The molecular formula is C19H15N3O3. The van der Waals surface area contributed by atoms with Gasteiger partial charge >= 0.3 is 0 Å². The molecule has 3 aromatic heterocycles. The minimum atomic E-state index is -0.169. The fourth-order valence-corrected chi connectivity index (χ4v) is 2.76. The first kappa shape index (κ1) is 15.1. The van der Waals surface area contributed by atoms with Gasteiger partial charge in [0.2, 0.25) is 0 Å². The predicted molar refractivity (Wildman–Crippen MR) is 93.4 cm³/mol. The second-order valence-corrected chi connectivity index (χ2v) is 5.68. The van der Waals surface area contributed by atoms with E-state index in [9.17, 15) is 4.79 Å². The number of benzene rings is 1. The molecule has 0 spiro atoms. The topological polar surface area (TPSA) is 72.4 Å². The number of aromatic nitrogens is 2. The third-order valence-corrected chi connectivity index (χ3v) is 4.07. The van der Waals surface area contributed by atoms with E-state index >= 15 is 0 Å². The number of nitrogens with zero attached hydrogens (tertiary/aromatic N) is 3. The molecule has 0 radical (unpaired) electrons. The lowest BCUT2D eigenvalue weighted by atomic mass is 10.1. The highest BCUT2D eigenvalue weighted by atomic mass is 16.5. The van der Waals surface area contributed by atoms with Crippen LogP contribution in [0.4, 0.5) is 5.69 Å². The molecule has 0 saturated heterocycles. The molecule has 0 bridgehead atoms. The number of hydrogen-bond acceptors (Lipinski definition) is 5. The second kappa shape index (κ2) is 5.90. The van der Waals surface area contributed by atoms with Gasteiger partial charge in [-0.2, -0.15) is 0 Å². The van der Waals surface area contributed by atoms with Crippen LogP contribution in [0.3, 0.4) is 0 Å². The van der Waals surface area contributed by atoms with Crippen LogP contribution in [-0.2, 0) is 0 Å². The summed E-state index contributed by atoms with van der Waals surface area (Å²) in [4.78, 5) is 19.1. The summed E-state index contributed by atoms with van der Waals surface area (Å²) in [6, 6.07) is 14.7. The minimum absolute atomic E-state index is 0.169. The molecular weight excluding hydrogens is 318 g/mol. The Bertz CT molecular complexity index is 1040. The Morgan fingerprint density at radius 1 is 1.12 bits per heavy atom. The van der Waals surface area contributed by atoms with Crippen LogP contribution in [-0.4, -0.2) is 23.1 Å². The maximum absolute atomic E-state index is 13.1. The molecule has 4 aromatic rings. The van der Waals surface area contributed by atoms with Crippen molar-refractivity contribution in [3.8, 4) is 11.5 Å². The van der Waals surface area contributed by atoms with Gasteiger partial charge < -0.3 is 13.8 Å². The molecule has 124 valence electrons. The number of carbonyl (C=O) groups excluding carboxylic acids is 1. The van der Waals surface area contributed by atoms with E-state index in [2.05, 4.69) is 10.1 Å². The molecule has 6 heteroatoms. The van der Waals surface area contributed by atoms with Gasteiger partial charge in [-0.05, 0) is 37.3 Å². The Morgan fingerprint density at radius 3 is 2.64 bits per heavy atom. The van der Waals surface area contributed by atoms with Crippen LogP contribution in [0, 0.1) is 6.92 Å². The molecule has 25 heavy (non-hydrogen) atoms. The van der Waals surface area contributed by atoms with Crippen LogP contribution in [0.25, 0.3) is 22.6 Å². The Hall–Kier alpha value is -3.41. The van der Waals surface area contributed by atoms with Gasteiger partial charge in [0, 0.05) is 12.7 Å². The monoisotopic (exact) mass is 333 g/mol. The van der Waals surface area contributed by atoms with Crippen molar-refractivity contribution in [1.29, 1.82) is 0 Å². The number of pyridine rings is 1. The largest absolute Gasteiger partial charge is 0.463 e. The molecule has 0 aliphatic carbocycles. The van der Waals surface area contributed by atoms with E-state index in [-0.39, 0.29) is 5.91 Å². The zero-order valence-electron chi connectivity index (χ0n) is 13.8. The van der Waals surface area contributed by atoms with Crippen LogP contribution < -0.4 is 4.90 Å². The minimum Gasteiger partial charge on any atom is -0.463 e. The summed E-state index contributed by atoms with van der Waals surface area (Å²) in [7, 11) is 1.74. The summed E-state index contributed by atoms with van der Waals surface area (Å²) in [6.07, 6.45) is 1.56. The van der Waals surface area contributed by atoms with Crippen LogP contribution in [0.1, 0.15) is 16.1 Å². The highest BCUT2D eigenvalue weighted by Crippen LogP contribution is 2.28. The summed E-state index contributed by atoms with van der Waals surface area (Å²) in [6.45, 7) is 1.79. The van der Waals surface area contributed by atoms with Crippen LogP contribution in [0.2, 0.25) is 0 Å². The maximum Gasteiger partial charge on any atom is 0.259 e. The van der Waals surface area contributed by atoms with E-state index in [4.69, 9.17) is 8.94 Å². The molecule has 0 saturated carbocycles. The van der Waals surface area contributed by atoms with Crippen molar-refractivity contribution < 1.29 is 13.7 Å². The quantitative estimate of drug-likeness (QED) is 0.565. The van der Waals surface area contributed by atoms with E-state index in [0.717, 1.165) is 5.69 Å². The van der Waals surface area contributed by atoms with Gasteiger partial charge in [0.25, 0.3) is 11.6 Å². The van der Waals surface area contributed by atoms with Gasteiger partial charge in [-0.3, -0.25) is 4.79 Å². The number of fused-ring (bicyclic) bond motifs is 1. The lowest BCUT2D eigenvalue weighted by Crippen LogP contribution is -2.26. The van der Waals surface area contributed by atoms with Crippen molar-refractivity contribution >= 4 is 22.7 Å². The first-order valence-corrected chi connectivity index (χ1v) is 7.79. The molecule has 1 aromatic carbocycles. The van der Waals surface area contributed by atoms with Crippen molar-refractivity contribution in [3.05, 3.63) is 66.1 Å². The third kappa shape index (κ3) is 2.57. The van der Waals surface area contributed by atoms with E-state index in [1.54, 1.807) is 43.3 Å². The van der Waals surface area contributed by atoms with Gasteiger partial charge in [-0.25, -0.2) is 4.98 Å². The van der Waals surface area contributed by atoms with E-state index in [1.807, 2.05) is 30.3 Å². The summed E-state index contributed by atoms with van der Waals surface area (Å²) in [5, 5.41) is 4.57. The molecule has 0 aliphatic rings. The number of rotatable bonds is 3. The highest BCUT2D eigenvalue weighted by Gasteiger charge is 2.23. The van der Waals surface area contributed by atoms with E-state index < -0.39 is 0 Å². The molecule has 4 rings (SSSR count). The summed E-state index contributed by atoms with van der Waals surface area (Å²) >= 11 is 0. The normalized spacial score (nSPS) is 11.0. The smallest absolute Gasteiger partial charge is 0.259 e. The van der Waals surface area contributed by atoms with Gasteiger partial charge in [-0.15, -0.1) is 0 Å². The van der Waals surface area contributed by atoms with Crippen LogP contribution >= 0.6 is 0 Å². The molecule has 1 amide bonds. The number of carbonyl (C=O) groups is 1. The average molecular weight is 333 g/mol. The number of para-hydroxylation sites is 1. The first-order chi connectivity index (χ1) is 12.1. The number of furan rings is 1. The number of amides is 1. The summed E-state index contributed by atoms with van der Waals surface area (Å²) < 4.78 is 10.7. The molecule has 0 unspecified atom stereocenters. The van der Waals surface area contributed by atoms with Crippen molar-refractivity contribution in [2.24, 2.45) is 0 Å². The van der Waals surface area contributed by atoms with Crippen molar-refractivity contribution in [1.82, 2.24) is 10.1 Å². The van der Waals surface area contributed by atoms with Crippen molar-refractivity contribution in [2.45, 2.75) is 6.92 Å². The zero-order valence-corrected chi connectivity index (χ0v) is 13.8. The zero-order chi connectivity index (χ0) is 17.4. The fraction of sp³-hybridized carbons (Fsp3) is 0.105. The van der Waals surface area contributed by atoms with Gasteiger partial charge in [0.1, 0.15) is 5.69 Å². The second-order valence-electron chi connectivity index (χ2n) is 5.68. The Kier molecular flexibility index (Phi) is 3.57. The molecule has 0 atom stereocenters. The third-order valence-electron chi connectivity index (χ3n) is 4.07. The first-order valence-electron chi connectivity index (χ1n) is 7.79. The van der Waals surface area contributed by atoms with Crippen molar-refractivity contribution in [3.63, 3.8) is 0 Å². The van der Waals surface area contributed by atoms with Crippen LogP contribution in [0.15, 0.2) is 63.7 Å². The average Bonchev–Trinajstić information content (AvgIpc) is 3.31. The maximum atomic E-state index is 13.1. The Morgan fingerprint density at radius 2 is 1.92 bits per heavy atom. The van der Waals surface area contributed by atoms with E-state index in [0.29, 0.717) is 33.8 Å². The summed E-state index contributed by atoms with van der Waals surface area (Å²) in [5.41, 5.74) is 2.74. The number of aryl methyl sites for hydroxylation is 1.